The lowest BCUT2D eigenvalue weighted by atomic mass is 9.63. The van der Waals surface area contributed by atoms with Crippen LogP contribution >= 0.6 is 23.2 Å². The third-order valence-corrected chi connectivity index (χ3v) is 8.19. The number of carbonyl (C=O) groups excluding carboxylic acids is 3. The minimum Gasteiger partial charge on any atom is -0.423 e. The SMILES string of the molecule is O=C(Oc1ccc(Cl)cc1Cl)[C@H](Cc1ccccc1)N1C(=O)[C@@H]2[C@H]3C=C[C@@H]([C@@H]4C[C@@H]34)[C@@H]2C1=O. The number of imide groups is 1. The summed E-state index contributed by atoms with van der Waals surface area (Å²) in [7, 11) is 0. The molecule has 2 aromatic rings. The van der Waals surface area contributed by atoms with Crippen LogP contribution in [0.25, 0.3) is 0 Å². The number of hydrogen-bond donors (Lipinski definition) is 0. The van der Waals surface area contributed by atoms with Gasteiger partial charge in [0, 0.05) is 11.4 Å². The molecule has 168 valence electrons. The molecule has 2 amide bonds. The minimum atomic E-state index is -1.07. The number of benzene rings is 2. The van der Waals surface area contributed by atoms with Gasteiger partial charge in [0.2, 0.25) is 11.8 Å². The fourth-order valence-corrected chi connectivity index (χ4v) is 6.59. The van der Waals surface area contributed by atoms with Crippen LogP contribution in [0.4, 0.5) is 0 Å². The van der Waals surface area contributed by atoms with E-state index in [1.807, 2.05) is 30.3 Å². The smallest absolute Gasteiger partial charge is 0.335 e. The molecule has 5 nitrogen and oxygen atoms in total. The van der Waals surface area contributed by atoms with Crippen LogP contribution in [-0.2, 0) is 20.8 Å². The Morgan fingerprint density at radius 1 is 0.970 bits per heavy atom. The third kappa shape index (κ3) is 3.32. The normalized spacial score (nSPS) is 31.9. The summed E-state index contributed by atoms with van der Waals surface area (Å²) in [4.78, 5) is 41.8. The van der Waals surface area contributed by atoms with E-state index in [0.29, 0.717) is 16.9 Å². The Hall–Kier alpha value is -2.63. The Labute approximate surface area is 201 Å². The van der Waals surface area contributed by atoms with Gasteiger partial charge in [-0.1, -0.05) is 65.7 Å². The second kappa shape index (κ2) is 7.71. The van der Waals surface area contributed by atoms with Crippen LogP contribution in [0, 0.1) is 35.5 Å². The van der Waals surface area contributed by atoms with E-state index in [-0.39, 0.29) is 52.7 Å². The first-order valence-corrected chi connectivity index (χ1v) is 12.0. The van der Waals surface area contributed by atoms with Gasteiger partial charge in [-0.2, -0.15) is 0 Å². The van der Waals surface area contributed by atoms with Crippen molar-refractivity contribution in [1.82, 2.24) is 4.90 Å². The molecular formula is C26H21Cl2NO4. The number of likely N-dealkylation sites (tertiary alicyclic amines) is 1. The predicted molar refractivity (Wildman–Crippen MR) is 123 cm³/mol. The van der Waals surface area contributed by atoms with Crippen molar-refractivity contribution in [2.24, 2.45) is 35.5 Å². The summed E-state index contributed by atoms with van der Waals surface area (Å²) in [6.45, 7) is 0. The van der Waals surface area contributed by atoms with Crippen molar-refractivity contribution in [1.29, 1.82) is 0 Å². The predicted octanol–water partition coefficient (Wildman–Crippen LogP) is 4.56. The quantitative estimate of drug-likeness (QED) is 0.271. The molecule has 1 heterocycles. The summed E-state index contributed by atoms with van der Waals surface area (Å²) in [6.07, 6.45) is 5.50. The van der Waals surface area contributed by atoms with Crippen molar-refractivity contribution in [3.63, 3.8) is 0 Å². The Balaban J connectivity index is 1.34. The van der Waals surface area contributed by atoms with E-state index in [1.165, 1.54) is 17.0 Å². The first-order chi connectivity index (χ1) is 15.9. The number of amides is 2. The molecule has 1 saturated heterocycles. The van der Waals surface area contributed by atoms with E-state index >= 15 is 0 Å². The Kier molecular flexibility index (Phi) is 4.89. The lowest BCUT2D eigenvalue weighted by Crippen LogP contribution is -2.48. The van der Waals surface area contributed by atoms with Gasteiger partial charge in [-0.3, -0.25) is 14.5 Å². The number of esters is 1. The summed E-state index contributed by atoms with van der Waals surface area (Å²) in [6, 6.07) is 12.8. The van der Waals surface area contributed by atoms with Crippen LogP contribution in [0.3, 0.4) is 0 Å². The lowest BCUT2D eigenvalue weighted by Gasteiger charge is -2.37. The lowest BCUT2D eigenvalue weighted by molar-refractivity contribution is -0.153. The van der Waals surface area contributed by atoms with Crippen molar-refractivity contribution in [3.05, 3.63) is 76.3 Å². The molecule has 4 aliphatic carbocycles. The maximum Gasteiger partial charge on any atom is 0.335 e. The summed E-state index contributed by atoms with van der Waals surface area (Å²) >= 11 is 12.2. The summed E-state index contributed by atoms with van der Waals surface area (Å²) in [5.41, 5.74) is 0.834. The molecule has 7 atom stereocenters. The van der Waals surface area contributed by atoms with Crippen molar-refractivity contribution < 1.29 is 19.1 Å². The average Bonchev–Trinajstić information content (AvgIpc) is 3.59. The molecule has 1 aliphatic heterocycles. The molecule has 2 aromatic carbocycles. The van der Waals surface area contributed by atoms with Crippen molar-refractivity contribution in [3.8, 4) is 5.75 Å². The van der Waals surface area contributed by atoms with E-state index in [4.69, 9.17) is 27.9 Å². The first kappa shape index (κ1) is 20.9. The molecule has 2 saturated carbocycles. The van der Waals surface area contributed by atoms with Gasteiger partial charge in [0.25, 0.3) is 0 Å². The number of rotatable bonds is 5. The zero-order valence-electron chi connectivity index (χ0n) is 17.6. The number of halogens is 2. The molecule has 33 heavy (non-hydrogen) atoms. The van der Waals surface area contributed by atoms with Gasteiger partial charge in [0.05, 0.1) is 16.9 Å². The van der Waals surface area contributed by atoms with Crippen LogP contribution in [0.2, 0.25) is 10.0 Å². The van der Waals surface area contributed by atoms with Gasteiger partial charge < -0.3 is 4.74 Å². The molecule has 3 fully saturated rings. The molecule has 0 spiro atoms. The van der Waals surface area contributed by atoms with Gasteiger partial charge in [-0.15, -0.1) is 0 Å². The zero-order valence-corrected chi connectivity index (χ0v) is 19.1. The van der Waals surface area contributed by atoms with Gasteiger partial charge >= 0.3 is 5.97 Å². The van der Waals surface area contributed by atoms with Crippen molar-refractivity contribution in [2.75, 3.05) is 0 Å². The number of ether oxygens (including phenoxy) is 1. The number of hydrogen-bond acceptors (Lipinski definition) is 4. The maximum atomic E-state index is 13.6. The molecule has 0 radical (unpaired) electrons. The third-order valence-electron chi connectivity index (χ3n) is 7.66. The summed E-state index contributed by atoms with van der Waals surface area (Å²) < 4.78 is 5.60. The molecule has 5 aliphatic rings. The molecule has 0 unspecified atom stereocenters. The van der Waals surface area contributed by atoms with E-state index in [1.54, 1.807) is 6.07 Å². The van der Waals surface area contributed by atoms with Gasteiger partial charge in [0.15, 0.2) is 0 Å². The summed E-state index contributed by atoms with van der Waals surface area (Å²) in [5.74, 6) is -0.642. The second-order valence-corrected chi connectivity index (χ2v) is 10.2. The molecule has 0 aromatic heterocycles. The molecule has 7 heteroatoms. The Bertz CT molecular complexity index is 1160. The van der Waals surface area contributed by atoms with Crippen molar-refractivity contribution in [2.45, 2.75) is 18.9 Å². The van der Waals surface area contributed by atoms with E-state index in [0.717, 1.165) is 12.0 Å². The van der Waals surface area contributed by atoms with E-state index < -0.39 is 12.0 Å². The molecule has 2 bridgehead atoms. The highest BCUT2D eigenvalue weighted by Gasteiger charge is 2.68. The van der Waals surface area contributed by atoms with Crippen LogP contribution in [-0.4, -0.2) is 28.7 Å². The molecular weight excluding hydrogens is 461 g/mol. The van der Waals surface area contributed by atoms with E-state index in [2.05, 4.69) is 12.2 Å². The fourth-order valence-electron chi connectivity index (χ4n) is 6.14. The highest BCUT2D eigenvalue weighted by molar-refractivity contribution is 6.35. The maximum absolute atomic E-state index is 13.6. The summed E-state index contributed by atoms with van der Waals surface area (Å²) in [5, 5.41) is 0.598. The van der Waals surface area contributed by atoms with E-state index in [9.17, 15) is 14.4 Å². The van der Waals surface area contributed by atoms with Gasteiger partial charge in [-0.25, -0.2) is 4.79 Å². The van der Waals surface area contributed by atoms with Gasteiger partial charge in [0.1, 0.15) is 11.8 Å². The Morgan fingerprint density at radius 2 is 1.61 bits per heavy atom. The number of nitrogens with zero attached hydrogens (tertiary/aromatic N) is 1. The number of carbonyl (C=O) groups is 3. The average molecular weight is 482 g/mol. The highest BCUT2D eigenvalue weighted by Crippen LogP contribution is 2.65. The van der Waals surface area contributed by atoms with Crippen molar-refractivity contribution >= 4 is 41.0 Å². The topological polar surface area (TPSA) is 63.7 Å². The van der Waals surface area contributed by atoms with Crippen LogP contribution < -0.4 is 4.74 Å². The molecule has 0 N–H and O–H groups in total. The highest BCUT2D eigenvalue weighted by atomic mass is 35.5. The molecule has 7 rings (SSSR count). The number of allylic oxidation sites excluding steroid dienone is 2. The Morgan fingerprint density at radius 3 is 2.21 bits per heavy atom. The first-order valence-electron chi connectivity index (χ1n) is 11.2. The van der Waals surface area contributed by atoms with Crippen LogP contribution in [0.1, 0.15) is 12.0 Å². The fraction of sp³-hybridized carbons (Fsp3) is 0.346. The minimum absolute atomic E-state index is 0.0885. The second-order valence-electron chi connectivity index (χ2n) is 9.40. The van der Waals surface area contributed by atoms with Crippen LogP contribution in [0.5, 0.6) is 5.75 Å². The van der Waals surface area contributed by atoms with Gasteiger partial charge in [-0.05, 0) is 53.9 Å². The largest absolute Gasteiger partial charge is 0.423 e. The monoisotopic (exact) mass is 481 g/mol. The standard InChI is InChI=1S/C26H21Cl2NO4/c27-14-6-9-21(19(28)11-14)33-26(32)20(10-13-4-2-1-3-5-13)29-24(30)22-15-7-8-16(18-12-17(15)18)23(22)25(29)31/h1-9,11,15-18,20,22-23H,10,12H2/t15-,16-,17-,18-,20-,22-,23+/m0/s1. The zero-order chi connectivity index (χ0) is 22.9. The van der Waals surface area contributed by atoms with Crippen LogP contribution in [0.15, 0.2) is 60.7 Å².